The molecule has 1 unspecified atom stereocenters. The second-order valence-electron chi connectivity index (χ2n) is 4.60. The third-order valence-corrected chi connectivity index (χ3v) is 4.14. The Morgan fingerprint density at radius 1 is 0.905 bits per heavy atom. The molecule has 21 heavy (non-hydrogen) atoms. The SMILES string of the molecule is Cl.NC(CCCSc1ccc(F)cc1)c1ccc(F)cc1. The Labute approximate surface area is 134 Å². The van der Waals surface area contributed by atoms with Crippen molar-refractivity contribution in [2.45, 2.75) is 23.8 Å². The molecule has 0 fully saturated rings. The largest absolute Gasteiger partial charge is 0.324 e. The molecule has 0 aliphatic heterocycles. The summed E-state index contributed by atoms with van der Waals surface area (Å²) in [6, 6.07) is 12.7. The Bertz CT molecular complexity index is 531. The van der Waals surface area contributed by atoms with Gasteiger partial charge in [-0.15, -0.1) is 24.2 Å². The van der Waals surface area contributed by atoms with E-state index in [1.807, 2.05) is 0 Å². The van der Waals surface area contributed by atoms with Crippen LogP contribution in [-0.4, -0.2) is 5.75 Å². The summed E-state index contributed by atoms with van der Waals surface area (Å²) in [5.41, 5.74) is 7.02. The van der Waals surface area contributed by atoms with Crippen molar-refractivity contribution < 1.29 is 8.78 Å². The second-order valence-corrected chi connectivity index (χ2v) is 5.77. The lowest BCUT2D eigenvalue weighted by Gasteiger charge is -2.11. The number of benzene rings is 2. The number of halogens is 3. The topological polar surface area (TPSA) is 26.0 Å². The highest BCUT2D eigenvalue weighted by Gasteiger charge is 2.06. The van der Waals surface area contributed by atoms with E-state index in [0.717, 1.165) is 29.1 Å². The number of rotatable bonds is 6. The first-order chi connectivity index (χ1) is 9.65. The fourth-order valence-corrected chi connectivity index (χ4v) is 2.78. The van der Waals surface area contributed by atoms with Crippen molar-refractivity contribution in [2.75, 3.05) is 5.75 Å². The molecule has 2 rings (SSSR count). The van der Waals surface area contributed by atoms with Gasteiger partial charge in [0.2, 0.25) is 0 Å². The zero-order valence-corrected chi connectivity index (χ0v) is 13.1. The summed E-state index contributed by atoms with van der Waals surface area (Å²) in [6.07, 6.45) is 1.81. The third-order valence-electron chi connectivity index (χ3n) is 3.04. The molecular formula is C16H18ClF2NS. The molecule has 0 radical (unpaired) electrons. The Morgan fingerprint density at radius 2 is 1.43 bits per heavy atom. The average molecular weight is 330 g/mol. The first-order valence-electron chi connectivity index (χ1n) is 6.54. The van der Waals surface area contributed by atoms with Crippen molar-refractivity contribution in [1.82, 2.24) is 0 Å². The van der Waals surface area contributed by atoms with Crippen LogP contribution >= 0.6 is 24.2 Å². The van der Waals surface area contributed by atoms with Crippen molar-refractivity contribution >= 4 is 24.2 Å². The molecule has 1 atom stereocenters. The zero-order chi connectivity index (χ0) is 14.4. The lowest BCUT2D eigenvalue weighted by Crippen LogP contribution is -2.10. The van der Waals surface area contributed by atoms with Crippen LogP contribution in [0.2, 0.25) is 0 Å². The molecule has 0 saturated heterocycles. The van der Waals surface area contributed by atoms with Crippen LogP contribution in [0.5, 0.6) is 0 Å². The molecule has 2 aromatic carbocycles. The minimum atomic E-state index is -0.243. The number of nitrogens with two attached hydrogens (primary N) is 1. The fraction of sp³-hybridized carbons (Fsp3) is 0.250. The molecule has 0 spiro atoms. The van der Waals surface area contributed by atoms with Crippen LogP contribution in [0.25, 0.3) is 0 Å². The highest BCUT2D eigenvalue weighted by atomic mass is 35.5. The van der Waals surface area contributed by atoms with Crippen molar-refractivity contribution in [2.24, 2.45) is 5.73 Å². The molecule has 0 bridgehead atoms. The van der Waals surface area contributed by atoms with E-state index in [1.165, 1.54) is 24.3 Å². The van der Waals surface area contributed by atoms with Gasteiger partial charge in [-0.1, -0.05) is 12.1 Å². The van der Waals surface area contributed by atoms with Gasteiger partial charge < -0.3 is 5.73 Å². The standard InChI is InChI=1S/C16H17F2NS.ClH/c17-13-5-3-12(4-6-13)16(19)2-1-11-20-15-9-7-14(18)8-10-15;/h3-10,16H,1-2,11,19H2;1H. The van der Waals surface area contributed by atoms with E-state index in [2.05, 4.69) is 0 Å². The minimum Gasteiger partial charge on any atom is -0.324 e. The molecule has 0 aliphatic rings. The van der Waals surface area contributed by atoms with Gasteiger partial charge in [-0.05, 0) is 60.6 Å². The lowest BCUT2D eigenvalue weighted by molar-refractivity contribution is 0.617. The van der Waals surface area contributed by atoms with Gasteiger partial charge in [0.1, 0.15) is 11.6 Å². The highest BCUT2D eigenvalue weighted by Crippen LogP contribution is 2.22. The summed E-state index contributed by atoms with van der Waals surface area (Å²) >= 11 is 1.69. The van der Waals surface area contributed by atoms with Gasteiger partial charge in [-0.2, -0.15) is 0 Å². The Kier molecular flexibility index (Phi) is 7.72. The van der Waals surface area contributed by atoms with E-state index < -0.39 is 0 Å². The summed E-state index contributed by atoms with van der Waals surface area (Å²) in [6.45, 7) is 0. The van der Waals surface area contributed by atoms with E-state index in [-0.39, 0.29) is 30.1 Å². The Balaban J connectivity index is 0.00000220. The molecule has 0 aromatic heterocycles. The van der Waals surface area contributed by atoms with Gasteiger partial charge in [0.25, 0.3) is 0 Å². The number of hydrogen-bond donors (Lipinski definition) is 1. The van der Waals surface area contributed by atoms with E-state index in [4.69, 9.17) is 5.73 Å². The van der Waals surface area contributed by atoms with Crippen LogP contribution in [0.15, 0.2) is 53.4 Å². The summed E-state index contributed by atoms with van der Waals surface area (Å²) in [4.78, 5) is 1.06. The molecule has 0 heterocycles. The van der Waals surface area contributed by atoms with Gasteiger partial charge in [0.05, 0.1) is 0 Å². The molecule has 114 valence electrons. The summed E-state index contributed by atoms with van der Waals surface area (Å²) < 4.78 is 25.5. The second kappa shape index (κ2) is 9.03. The van der Waals surface area contributed by atoms with Crippen LogP contribution < -0.4 is 5.73 Å². The molecule has 0 aliphatic carbocycles. The van der Waals surface area contributed by atoms with Crippen molar-refractivity contribution in [1.29, 1.82) is 0 Å². The smallest absolute Gasteiger partial charge is 0.123 e. The normalized spacial score (nSPS) is 11.8. The van der Waals surface area contributed by atoms with E-state index in [9.17, 15) is 8.78 Å². The first-order valence-corrected chi connectivity index (χ1v) is 7.53. The highest BCUT2D eigenvalue weighted by molar-refractivity contribution is 7.99. The van der Waals surface area contributed by atoms with E-state index in [1.54, 1.807) is 36.0 Å². The van der Waals surface area contributed by atoms with Gasteiger partial charge in [-0.3, -0.25) is 0 Å². The third kappa shape index (κ3) is 6.04. The molecular weight excluding hydrogens is 312 g/mol. The summed E-state index contributed by atoms with van der Waals surface area (Å²) in [5.74, 6) is 0.473. The van der Waals surface area contributed by atoms with Crippen LogP contribution in [-0.2, 0) is 0 Å². The first kappa shape index (κ1) is 18.0. The van der Waals surface area contributed by atoms with Crippen molar-refractivity contribution in [3.63, 3.8) is 0 Å². The van der Waals surface area contributed by atoms with Crippen LogP contribution in [0.1, 0.15) is 24.4 Å². The summed E-state index contributed by atoms with van der Waals surface area (Å²) in [7, 11) is 0. The lowest BCUT2D eigenvalue weighted by atomic mass is 10.0. The number of hydrogen-bond acceptors (Lipinski definition) is 2. The van der Waals surface area contributed by atoms with Gasteiger partial charge >= 0.3 is 0 Å². The molecule has 2 N–H and O–H groups in total. The van der Waals surface area contributed by atoms with Crippen LogP contribution in [0, 0.1) is 11.6 Å². The van der Waals surface area contributed by atoms with Gasteiger partial charge in [0.15, 0.2) is 0 Å². The Morgan fingerprint density at radius 3 is 2.00 bits per heavy atom. The van der Waals surface area contributed by atoms with Crippen LogP contribution in [0.3, 0.4) is 0 Å². The zero-order valence-electron chi connectivity index (χ0n) is 11.5. The predicted octanol–water partition coefficient (Wildman–Crippen LogP) is 4.96. The van der Waals surface area contributed by atoms with Gasteiger partial charge in [0, 0.05) is 10.9 Å². The summed E-state index contributed by atoms with van der Waals surface area (Å²) in [5, 5.41) is 0. The molecule has 0 saturated carbocycles. The van der Waals surface area contributed by atoms with Crippen molar-refractivity contribution in [3.05, 3.63) is 65.7 Å². The minimum absolute atomic E-state index is 0. The average Bonchev–Trinajstić information content (AvgIpc) is 2.46. The molecule has 2 aromatic rings. The van der Waals surface area contributed by atoms with Crippen LogP contribution in [0.4, 0.5) is 8.78 Å². The van der Waals surface area contributed by atoms with Crippen molar-refractivity contribution in [3.8, 4) is 0 Å². The maximum atomic E-state index is 12.8. The van der Waals surface area contributed by atoms with E-state index in [0.29, 0.717) is 0 Å². The van der Waals surface area contributed by atoms with Gasteiger partial charge in [-0.25, -0.2) is 8.78 Å². The fourth-order valence-electron chi connectivity index (χ4n) is 1.90. The molecule has 0 amide bonds. The van der Waals surface area contributed by atoms with E-state index >= 15 is 0 Å². The monoisotopic (exact) mass is 329 g/mol. The maximum Gasteiger partial charge on any atom is 0.123 e. The maximum absolute atomic E-state index is 12.8. The molecule has 5 heteroatoms. The molecule has 1 nitrogen and oxygen atoms in total. The quantitative estimate of drug-likeness (QED) is 0.599. The predicted molar refractivity (Wildman–Crippen MR) is 86.9 cm³/mol. The number of thioether (sulfide) groups is 1. The Hall–Kier alpha value is -1.10.